The molecule has 1 atom stereocenters. The maximum Gasteiger partial charge on any atom is 0.127 e. The van der Waals surface area contributed by atoms with Crippen molar-refractivity contribution in [2.75, 3.05) is 0 Å². The smallest absolute Gasteiger partial charge is 0.127 e. The lowest BCUT2D eigenvalue weighted by atomic mass is 10.00. The van der Waals surface area contributed by atoms with Crippen LogP contribution in [0.3, 0.4) is 0 Å². The molecule has 1 unspecified atom stereocenters. The minimum Gasteiger partial charge on any atom is -0.207 e. The van der Waals surface area contributed by atoms with Crippen LogP contribution in [0.25, 0.3) is 0 Å². The molecule has 0 aliphatic carbocycles. The molecule has 0 fully saturated rings. The van der Waals surface area contributed by atoms with Gasteiger partial charge in [-0.25, -0.2) is 4.39 Å². The van der Waals surface area contributed by atoms with E-state index in [0.717, 1.165) is 16.7 Å². The van der Waals surface area contributed by atoms with Gasteiger partial charge in [0.15, 0.2) is 0 Å². The van der Waals surface area contributed by atoms with Crippen molar-refractivity contribution < 1.29 is 4.39 Å². The first-order chi connectivity index (χ1) is 9.40. The summed E-state index contributed by atoms with van der Waals surface area (Å²) in [5.41, 5.74) is 3.76. The van der Waals surface area contributed by atoms with Crippen molar-refractivity contribution in [2.24, 2.45) is 0 Å². The van der Waals surface area contributed by atoms with Crippen LogP contribution in [0.1, 0.15) is 27.1 Å². The monoisotopic (exact) mass is 374 g/mol. The molecule has 0 aliphatic heterocycles. The quantitative estimate of drug-likeness (QED) is 0.542. The van der Waals surface area contributed by atoms with Gasteiger partial charge in [-0.15, -0.1) is 0 Å². The molecule has 20 heavy (non-hydrogen) atoms. The third kappa shape index (κ3) is 3.36. The Balaban J connectivity index is 2.33. The molecule has 0 bridgehead atoms. The van der Waals surface area contributed by atoms with Crippen LogP contribution in [-0.4, -0.2) is 0 Å². The predicted molar refractivity (Wildman–Crippen MR) is 87.7 cm³/mol. The molecule has 0 aromatic heterocycles. The SMILES string of the molecule is Cc1cc(Cl)c(C(Br)Cc2c(F)cccc2Cl)cc1C. The van der Waals surface area contributed by atoms with Gasteiger partial charge in [-0.2, -0.15) is 0 Å². The van der Waals surface area contributed by atoms with Gasteiger partial charge < -0.3 is 0 Å². The van der Waals surface area contributed by atoms with Crippen molar-refractivity contribution in [2.45, 2.75) is 25.1 Å². The first-order valence-corrected chi connectivity index (χ1v) is 7.91. The summed E-state index contributed by atoms with van der Waals surface area (Å²) in [6, 6.07) is 8.69. The lowest BCUT2D eigenvalue weighted by Crippen LogP contribution is -2.01. The average Bonchev–Trinajstić information content (AvgIpc) is 2.38. The molecular weight excluding hydrogens is 362 g/mol. The Morgan fingerprint density at radius 1 is 1.10 bits per heavy atom. The number of hydrogen-bond acceptors (Lipinski definition) is 0. The van der Waals surface area contributed by atoms with Gasteiger partial charge in [-0.1, -0.05) is 51.3 Å². The normalized spacial score (nSPS) is 12.5. The second kappa shape index (κ2) is 6.46. The maximum atomic E-state index is 13.8. The number of benzene rings is 2. The zero-order valence-corrected chi connectivity index (χ0v) is 14.3. The van der Waals surface area contributed by atoms with E-state index in [-0.39, 0.29) is 10.6 Å². The van der Waals surface area contributed by atoms with Crippen LogP contribution in [0.2, 0.25) is 10.0 Å². The zero-order chi connectivity index (χ0) is 14.9. The summed E-state index contributed by atoms with van der Waals surface area (Å²) in [4.78, 5) is -0.0799. The van der Waals surface area contributed by atoms with E-state index in [2.05, 4.69) is 15.9 Å². The van der Waals surface area contributed by atoms with E-state index in [1.54, 1.807) is 12.1 Å². The van der Waals surface area contributed by atoms with Crippen molar-refractivity contribution in [1.82, 2.24) is 0 Å². The van der Waals surface area contributed by atoms with Crippen LogP contribution in [0, 0.1) is 19.7 Å². The fourth-order valence-corrected chi connectivity index (χ4v) is 3.48. The number of rotatable bonds is 3. The Kier molecular flexibility index (Phi) is 5.11. The highest BCUT2D eigenvalue weighted by Gasteiger charge is 2.17. The van der Waals surface area contributed by atoms with Gasteiger partial charge in [0.2, 0.25) is 0 Å². The Morgan fingerprint density at radius 2 is 1.75 bits per heavy atom. The van der Waals surface area contributed by atoms with E-state index in [1.807, 2.05) is 26.0 Å². The van der Waals surface area contributed by atoms with Gasteiger partial charge in [-0.3, -0.25) is 0 Å². The molecule has 2 rings (SSSR count). The van der Waals surface area contributed by atoms with Crippen LogP contribution in [0.5, 0.6) is 0 Å². The van der Waals surface area contributed by atoms with Gasteiger partial charge in [0.1, 0.15) is 5.82 Å². The van der Waals surface area contributed by atoms with Gasteiger partial charge in [0.05, 0.1) is 0 Å². The van der Waals surface area contributed by atoms with E-state index in [9.17, 15) is 4.39 Å². The summed E-state index contributed by atoms with van der Waals surface area (Å²) < 4.78 is 13.8. The number of alkyl halides is 1. The van der Waals surface area contributed by atoms with Crippen LogP contribution >= 0.6 is 39.1 Å². The number of hydrogen-bond donors (Lipinski definition) is 0. The third-order valence-electron chi connectivity index (χ3n) is 3.40. The highest BCUT2D eigenvalue weighted by Crippen LogP contribution is 2.36. The first kappa shape index (κ1) is 15.8. The third-order valence-corrected chi connectivity index (χ3v) is 4.89. The highest BCUT2D eigenvalue weighted by atomic mass is 79.9. The van der Waals surface area contributed by atoms with Crippen LogP contribution in [0.15, 0.2) is 30.3 Å². The van der Waals surface area contributed by atoms with Crippen LogP contribution in [-0.2, 0) is 6.42 Å². The number of aryl methyl sites for hydroxylation is 2. The van der Waals surface area contributed by atoms with Crippen LogP contribution in [0.4, 0.5) is 4.39 Å². The van der Waals surface area contributed by atoms with Crippen molar-refractivity contribution in [1.29, 1.82) is 0 Å². The average molecular weight is 376 g/mol. The molecule has 0 saturated carbocycles. The van der Waals surface area contributed by atoms with E-state index >= 15 is 0 Å². The molecule has 0 N–H and O–H groups in total. The molecule has 4 heteroatoms. The summed E-state index contributed by atoms with van der Waals surface area (Å²) >= 11 is 15.9. The fraction of sp³-hybridized carbons (Fsp3) is 0.250. The molecule has 0 spiro atoms. The number of halogens is 4. The van der Waals surface area contributed by atoms with E-state index < -0.39 is 0 Å². The van der Waals surface area contributed by atoms with Gasteiger partial charge in [0.25, 0.3) is 0 Å². The standard InChI is InChI=1S/C16H14BrCl2F/c1-9-6-11(15(19)7-10(9)2)13(17)8-12-14(18)4-3-5-16(12)20/h3-7,13H,8H2,1-2H3. The summed E-state index contributed by atoms with van der Waals surface area (Å²) in [5.74, 6) is -0.290. The van der Waals surface area contributed by atoms with Crippen LogP contribution < -0.4 is 0 Å². The van der Waals surface area contributed by atoms with Crippen molar-refractivity contribution in [3.63, 3.8) is 0 Å². The van der Waals surface area contributed by atoms with Gasteiger partial charge in [-0.05, 0) is 55.2 Å². The second-order valence-electron chi connectivity index (χ2n) is 4.83. The maximum absolute atomic E-state index is 13.8. The van der Waals surface area contributed by atoms with Crippen molar-refractivity contribution in [3.05, 3.63) is 68.4 Å². The lowest BCUT2D eigenvalue weighted by Gasteiger charge is -2.15. The minimum atomic E-state index is -0.290. The summed E-state index contributed by atoms with van der Waals surface area (Å²) in [7, 11) is 0. The molecular formula is C16H14BrCl2F. The topological polar surface area (TPSA) is 0 Å². The molecule has 2 aromatic carbocycles. The van der Waals surface area contributed by atoms with Gasteiger partial charge in [0, 0.05) is 20.4 Å². The highest BCUT2D eigenvalue weighted by molar-refractivity contribution is 9.09. The second-order valence-corrected chi connectivity index (χ2v) is 6.75. The Bertz CT molecular complexity index is 620. The molecule has 0 amide bonds. The molecule has 0 heterocycles. The molecule has 0 radical (unpaired) electrons. The van der Waals surface area contributed by atoms with E-state index in [4.69, 9.17) is 23.2 Å². The lowest BCUT2D eigenvalue weighted by molar-refractivity contribution is 0.608. The molecule has 0 nitrogen and oxygen atoms in total. The van der Waals surface area contributed by atoms with Crippen molar-refractivity contribution >= 4 is 39.1 Å². The van der Waals surface area contributed by atoms with E-state index in [1.165, 1.54) is 6.07 Å². The Hall–Kier alpha value is -0.570. The zero-order valence-electron chi connectivity index (χ0n) is 11.2. The summed E-state index contributed by atoms with van der Waals surface area (Å²) in [6.45, 7) is 4.05. The molecule has 106 valence electrons. The van der Waals surface area contributed by atoms with E-state index in [0.29, 0.717) is 22.0 Å². The Labute approximate surface area is 137 Å². The predicted octanol–water partition coefficient (Wildman–Crippen LogP) is 6.43. The first-order valence-electron chi connectivity index (χ1n) is 6.23. The minimum absolute atomic E-state index is 0.0799. The molecule has 0 aliphatic rings. The Morgan fingerprint density at radius 3 is 2.40 bits per heavy atom. The summed E-state index contributed by atoms with van der Waals surface area (Å²) in [5, 5.41) is 1.12. The summed E-state index contributed by atoms with van der Waals surface area (Å²) in [6.07, 6.45) is 0.452. The molecule has 0 saturated heterocycles. The molecule has 2 aromatic rings. The fourth-order valence-electron chi connectivity index (χ4n) is 2.06. The van der Waals surface area contributed by atoms with Gasteiger partial charge >= 0.3 is 0 Å². The van der Waals surface area contributed by atoms with Crippen molar-refractivity contribution in [3.8, 4) is 0 Å². The largest absolute Gasteiger partial charge is 0.207 e.